The van der Waals surface area contributed by atoms with Crippen molar-refractivity contribution in [2.75, 3.05) is 0 Å². The number of hydrogen-bond donors (Lipinski definition) is 2. The standard InChI is InChI=1S/C11H19NO2S/c1-4-11(14,5-2)10(13)6-9-7-15-8(3)12-9/h7,10,13-14H,4-6H2,1-3H3. The normalized spacial score (nSPS) is 14.2. The molecule has 0 spiro atoms. The largest absolute Gasteiger partial charge is 0.390 e. The molecule has 1 unspecified atom stereocenters. The van der Waals surface area contributed by atoms with Crippen molar-refractivity contribution in [3.63, 3.8) is 0 Å². The predicted molar refractivity (Wildman–Crippen MR) is 62.1 cm³/mol. The molecule has 1 rings (SSSR count). The van der Waals surface area contributed by atoms with Crippen LogP contribution in [0.1, 0.15) is 37.4 Å². The molecule has 1 aromatic rings. The third-order valence-corrected chi connectivity index (χ3v) is 3.74. The van der Waals surface area contributed by atoms with Crippen LogP contribution in [0.15, 0.2) is 5.38 Å². The van der Waals surface area contributed by atoms with Gasteiger partial charge in [0.25, 0.3) is 0 Å². The van der Waals surface area contributed by atoms with Crippen molar-refractivity contribution in [3.8, 4) is 0 Å². The summed E-state index contributed by atoms with van der Waals surface area (Å²) in [6.45, 7) is 5.71. The van der Waals surface area contributed by atoms with Gasteiger partial charge >= 0.3 is 0 Å². The Labute approximate surface area is 94.8 Å². The zero-order valence-corrected chi connectivity index (χ0v) is 10.3. The van der Waals surface area contributed by atoms with Crippen LogP contribution in [0.5, 0.6) is 0 Å². The van der Waals surface area contributed by atoms with Gasteiger partial charge in [0.2, 0.25) is 0 Å². The van der Waals surface area contributed by atoms with Gasteiger partial charge in [0.1, 0.15) is 0 Å². The molecule has 0 aliphatic heterocycles. The molecule has 1 heterocycles. The number of aromatic nitrogens is 1. The van der Waals surface area contributed by atoms with Crippen LogP contribution in [0.25, 0.3) is 0 Å². The van der Waals surface area contributed by atoms with E-state index in [9.17, 15) is 10.2 Å². The van der Waals surface area contributed by atoms with E-state index in [0.29, 0.717) is 19.3 Å². The van der Waals surface area contributed by atoms with Crippen LogP contribution in [0, 0.1) is 6.92 Å². The molecule has 0 saturated heterocycles. The van der Waals surface area contributed by atoms with Crippen molar-refractivity contribution >= 4 is 11.3 Å². The first kappa shape index (κ1) is 12.6. The summed E-state index contributed by atoms with van der Waals surface area (Å²) in [5.41, 5.74) is -0.109. The minimum atomic E-state index is -0.975. The zero-order chi connectivity index (χ0) is 11.5. The van der Waals surface area contributed by atoms with E-state index in [2.05, 4.69) is 4.98 Å². The third-order valence-electron chi connectivity index (χ3n) is 2.91. The number of rotatable bonds is 5. The fraction of sp³-hybridized carbons (Fsp3) is 0.727. The van der Waals surface area contributed by atoms with Crippen LogP contribution in [-0.4, -0.2) is 26.9 Å². The van der Waals surface area contributed by atoms with Gasteiger partial charge in [-0.05, 0) is 19.8 Å². The lowest BCUT2D eigenvalue weighted by atomic mass is 9.88. The molecule has 0 amide bonds. The van der Waals surface area contributed by atoms with Crippen molar-refractivity contribution in [2.24, 2.45) is 0 Å². The maximum atomic E-state index is 10.1. The highest BCUT2D eigenvalue weighted by Crippen LogP contribution is 2.23. The Hall–Kier alpha value is -0.450. The summed E-state index contributed by atoms with van der Waals surface area (Å²) in [7, 11) is 0. The molecule has 0 aliphatic carbocycles. The Morgan fingerprint density at radius 2 is 2.07 bits per heavy atom. The van der Waals surface area contributed by atoms with Crippen LogP contribution in [-0.2, 0) is 6.42 Å². The summed E-state index contributed by atoms with van der Waals surface area (Å²) in [6, 6.07) is 0. The fourth-order valence-electron chi connectivity index (χ4n) is 1.61. The number of thiazole rings is 1. The minimum absolute atomic E-state index is 0.433. The van der Waals surface area contributed by atoms with Crippen LogP contribution >= 0.6 is 11.3 Å². The van der Waals surface area contributed by atoms with Gasteiger partial charge in [0, 0.05) is 11.8 Å². The highest BCUT2D eigenvalue weighted by atomic mass is 32.1. The van der Waals surface area contributed by atoms with Gasteiger partial charge in [0.15, 0.2) is 0 Å². The summed E-state index contributed by atoms with van der Waals surface area (Å²) >= 11 is 1.57. The molecule has 3 nitrogen and oxygen atoms in total. The highest BCUT2D eigenvalue weighted by molar-refractivity contribution is 7.09. The Kier molecular flexibility index (Phi) is 4.25. The zero-order valence-electron chi connectivity index (χ0n) is 9.53. The molecule has 15 heavy (non-hydrogen) atoms. The first-order valence-electron chi connectivity index (χ1n) is 5.33. The second-order valence-electron chi connectivity index (χ2n) is 3.89. The lowest BCUT2D eigenvalue weighted by molar-refractivity contribution is -0.0793. The summed E-state index contributed by atoms with van der Waals surface area (Å²) < 4.78 is 0. The van der Waals surface area contributed by atoms with Crippen molar-refractivity contribution in [2.45, 2.75) is 51.7 Å². The molecule has 0 aromatic carbocycles. The molecule has 4 heteroatoms. The van der Waals surface area contributed by atoms with E-state index < -0.39 is 11.7 Å². The first-order valence-corrected chi connectivity index (χ1v) is 6.21. The van der Waals surface area contributed by atoms with Gasteiger partial charge in [-0.2, -0.15) is 0 Å². The van der Waals surface area contributed by atoms with Gasteiger partial charge in [-0.15, -0.1) is 11.3 Å². The highest BCUT2D eigenvalue weighted by Gasteiger charge is 2.32. The smallest absolute Gasteiger partial charge is 0.0904 e. The Morgan fingerprint density at radius 1 is 1.47 bits per heavy atom. The van der Waals surface area contributed by atoms with Gasteiger partial charge in [-0.25, -0.2) is 4.98 Å². The van der Waals surface area contributed by atoms with Gasteiger partial charge in [0.05, 0.1) is 22.4 Å². The van der Waals surface area contributed by atoms with E-state index in [0.717, 1.165) is 10.7 Å². The average molecular weight is 229 g/mol. The maximum absolute atomic E-state index is 10.1. The average Bonchev–Trinajstić information content (AvgIpc) is 2.62. The maximum Gasteiger partial charge on any atom is 0.0904 e. The number of aliphatic hydroxyl groups is 2. The molecule has 86 valence electrons. The monoisotopic (exact) mass is 229 g/mol. The fourth-order valence-corrected chi connectivity index (χ4v) is 2.24. The molecule has 0 fully saturated rings. The van der Waals surface area contributed by atoms with Gasteiger partial charge < -0.3 is 10.2 Å². The summed E-state index contributed by atoms with van der Waals surface area (Å²) in [4.78, 5) is 4.28. The molecule has 1 aromatic heterocycles. The molecule has 0 radical (unpaired) electrons. The SMILES string of the molecule is CCC(O)(CC)C(O)Cc1csc(C)n1. The number of aryl methyl sites for hydroxylation is 1. The molecule has 0 aliphatic rings. The van der Waals surface area contributed by atoms with E-state index in [-0.39, 0.29) is 0 Å². The van der Waals surface area contributed by atoms with Crippen molar-refractivity contribution in [3.05, 3.63) is 16.1 Å². The summed E-state index contributed by atoms with van der Waals surface area (Å²) in [6.07, 6.45) is 0.832. The van der Waals surface area contributed by atoms with Crippen LogP contribution < -0.4 is 0 Å². The van der Waals surface area contributed by atoms with Crippen LogP contribution in [0.2, 0.25) is 0 Å². The number of hydrogen-bond acceptors (Lipinski definition) is 4. The van der Waals surface area contributed by atoms with Crippen LogP contribution in [0.4, 0.5) is 0 Å². The topological polar surface area (TPSA) is 53.4 Å². The van der Waals surface area contributed by atoms with E-state index in [1.54, 1.807) is 11.3 Å². The predicted octanol–water partition coefficient (Wildman–Crippen LogP) is 1.91. The van der Waals surface area contributed by atoms with E-state index >= 15 is 0 Å². The number of nitrogens with zero attached hydrogens (tertiary/aromatic N) is 1. The molecule has 1 atom stereocenters. The molecular weight excluding hydrogens is 210 g/mol. The summed E-state index contributed by atoms with van der Waals surface area (Å²) in [5, 5.41) is 23.0. The minimum Gasteiger partial charge on any atom is -0.390 e. The summed E-state index contributed by atoms with van der Waals surface area (Å²) in [5.74, 6) is 0. The lowest BCUT2D eigenvalue weighted by Crippen LogP contribution is -2.42. The van der Waals surface area contributed by atoms with E-state index in [1.165, 1.54) is 0 Å². The third kappa shape index (κ3) is 3.00. The Morgan fingerprint density at radius 3 is 2.47 bits per heavy atom. The van der Waals surface area contributed by atoms with Crippen molar-refractivity contribution in [1.82, 2.24) is 4.98 Å². The van der Waals surface area contributed by atoms with E-state index in [1.807, 2.05) is 26.2 Å². The van der Waals surface area contributed by atoms with Crippen molar-refractivity contribution in [1.29, 1.82) is 0 Å². The molecule has 0 saturated carbocycles. The van der Waals surface area contributed by atoms with Gasteiger partial charge in [-0.1, -0.05) is 13.8 Å². The van der Waals surface area contributed by atoms with Gasteiger partial charge in [-0.3, -0.25) is 0 Å². The lowest BCUT2D eigenvalue weighted by Gasteiger charge is -2.30. The number of aliphatic hydroxyl groups excluding tert-OH is 1. The first-order chi connectivity index (χ1) is 7.01. The molecule has 0 bridgehead atoms. The molecule has 2 N–H and O–H groups in total. The second-order valence-corrected chi connectivity index (χ2v) is 4.95. The second kappa shape index (κ2) is 5.05. The molecular formula is C11H19NO2S. The Balaban J connectivity index is 2.65. The van der Waals surface area contributed by atoms with E-state index in [4.69, 9.17) is 0 Å². The van der Waals surface area contributed by atoms with Crippen LogP contribution in [0.3, 0.4) is 0 Å². The Bertz CT molecular complexity index is 307. The van der Waals surface area contributed by atoms with Crippen molar-refractivity contribution < 1.29 is 10.2 Å². The quantitative estimate of drug-likeness (QED) is 0.811.